The lowest BCUT2D eigenvalue weighted by atomic mass is 9.96. The summed E-state index contributed by atoms with van der Waals surface area (Å²) in [4.78, 5) is 0. The lowest BCUT2D eigenvalue weighted by Crippen LogP contribution is -2.57. The molecule has 0 saturated carbocycles. The molecule has 1 atom stereocenters. The normalized spacial score (nSPS) is 31.2. The number of hydrogen-bond donors (Lipinski definition) is 2. The third-order valence-corrected chi connectivity index (χ3v) is 3.46. The van der Waals surface area contributed by atoms with Gasteiger partial charge in [-0.1, -0.05) is 12.1 Å². The fourth-order valence-electron chi connectivity index (χ4n) is 2.23. The molecule has 92 valence electrons. The number of rotatable bonds is 2. The summed E-state index contributed by atoms with van der Waals surface area (Å²) >= 11 is 0. The SMILES string of the molecule is CCC1=[N+]([O-])C(C)(/C(C)=N/O)N(O)C1(C)C. The highest BCUT2D eigenvalue weighted by atomic mass is 16.6. The molecular weight excluding hydrogens is 210 g/mol. The summed E-state index contributed by atoms with van der Waals surface area (Å²) in [5, 5.41) is 35.1. The molecule has 1 heterocycles. The van der Waals surface area contributed by atoms with Crippen molar-refractivity contribution in [3.8, 4) is 0 Å². The summed E-state index contributed by atoms with van der Waals surface area (Å²) in [6.07, 6.45) is 0.530. The van der Waals surface area contributed by atoms with E-state index < -0.39 is 11.2 Å². The molecule has 1 aliphatic rings. The van der Waals surface area contributed by atoms with Gasteiger partial charge in [-0.3, -0.25) is 0 Å². The van der Waals surface area contributed by atoms with Crippen molar-refractivity contribution in [1.82, 2.24) is 5.06 Å². The van der Waals surface area contributed by atoms with Gasteiger partial charge < -0.3 is 15.6 Å². The molecule has 16 heavy (non-hydrogen) atoms. The number of nitrogens with zero attached hydrogens (tertiary/aromatic N) is 3. The van der Waals surface area contributed by atoms with Gasteiger partial charge in [0.05, 0.1) is 0 Å². The summed E-state index contributed by atoms with van der Waals surface area (Å²) < 4.78 is 0.724. The Morgan fingerprint density at radius 1 is 1.50 bits per heavy atom. The highest BCUT2D eigenvalue weighted by Crippen LogP contribution is 2.34. The van der Waals surface area contributed by atoms with E-state index in [0.717, 1.165) is 9.80 Å². The highest BCUT2D eigenvalue weighted by molar-refractivity contribution is 5.96. The minimum Gasteiger partial charge on any atom is -0.622 e. The van der Waals surface area contributed by atoms with Crippen molar-refractivity contribution in [3.63, 3.8) is 0 Å². The van der Waals surface area contributed by atoms with E-state index in [9.17, 15) is 10.4 Å². The van der Waals surface area contributed by atoms with Crippen molar-refractivity contribution >= 4 is 11.4 Å². The van der Waals surface area contributed by atoms with E-state index in [1.54, 1.807) is 13.8 Å². The molecule has 0 aromatic rings. The Kier molecular flexibility index (Phi) is 3.00. The van der Waals surface area contributed by atoms with Crippen molar-refractivity contribution in [2.45, 2.75) is 52.2 Å². The standard InChI is InChI=1S/C10H19N3O3/c1-6-8-9(3,4)13(16)10(5,12(8)15)7(2)11-14/h14,16H,6H2,1-5H3/b11-7+. The molecule has 1 aliphatic heterocycles. The van der Waals surface area contributed by atoms with Crippen molar-refractivity contribution in [1.29, 1.82) is 0 Å². The largest absolute Gasteiger partial charge is 0.622 e. The second kappa shape index (κ2) is 3.71. The van der Waals surface area contributed by atoms with Crippen LogP contribution in [0.4, 0.5) is 0 Å². The van der Waals surface area contributed by atoms with Crippen LogP contribution in [0.15, 0.2) is 5.16 Å². The van der Waals surface area contributed by atoms with Gasteiger partial charge in [-0.25, -0.2) is 0 Å². The Bertz CT molecular complexity index is 362. The van der Waals surface area contributed by atoms with Crippen LogP contribution >= 0.6 is 0 Å². The molecule has 0 spiro atoms. The molecule has 6 nitrogen and oxygen atoms in total. The van der Waals surface area contributed by atoms with Gasteiger partial charge in [-0.2, -0.15) is 4.74 Å². The lowest BCUT2D eigenvalue weighted by molar-refractivity contribution is -0.561. The van der Waals surface area contributed by atoms with Gasteiger partial charge in [0.15, 0.2) is 5.71 Å². The van der Waals surface area contributed by atoms with E-state index in [0.29, 0.717) is 12.1 Å². The Morgan fingerprint density at radius 2 is 2.00 bits per heavy atom. The maximum atomic E-state index is 12.2. The van der Waals surface area contributed by atoms with Crippen molar-refractivity contribution in [2.24, 2.45) is 5.16 Å². The molecule has 2 N–H and O–H groups in total. The smallest absolute Gasteiger partial charge is 0.290 e. The number of oxime groups is 1. The summed E-state index contributed by atoms with van der Waals surface area (Å²) in [6, 6.07) is 0. The molecule has 0 saturated heterocycles. The molecule has 0 amide bonds. The Labute approximate surface area is 95.0 Å². The molecule has 6 heteroatoms. The zero-order valence-corrected chi connectivity index (χ0v) is 10.4. The van der Waals surface area contributed by atoms with Gasteiger partial charge in [0.2, 0.25) is 0 Å². The highest BCUT2D eigenvalue weighted by Gasteiger charge is 2.60. The predicted octanol–water partition coefficient (Wildman–Crippen LogP) is 1.40. The van der Waals surface area contributed by atoms with Crippen LogP contribution in [0.5, 0.6) is 0 Å². The van der Waals surface area contributed by atoms with E-state index in [1.165, 1.54) is 13.8 Å². The molecule has 0 radical (unpaired) electrons. The molecule has 0 bridgehead atoms. The van der Waals surface area contributed by atoms with E-state index in [2.05, 4.69) is 5.16 Å². The van der Waals surface area contributed by atoms with Crippen molar-refractivity contribution < 1.29 is 15.2 Å². The molecule has 0 aromatic carbocycles. The minimum absolute atomic E-state index is 0.154. The Morgan fingerprint density at radius 3 is 2.31 bits per heavy atom. The molecule has 0 aromatic heterocycles. The first kappa shape index (κ1) is 12.9. The van der Waals surface area contributed by atoms with E-state index in [1.807, 2.05) is 6.92 Å². The van der Waals surface area contributed by atoms with Crippen LogP contribution in [0.2, 0.25) is 0 Å². The summed E-state index contributed by atoms with van der Waals surface area (Å²) in [5.41, 5.74) is -1.40. The first-order chi connectivity index (χ1) is 7.24. The van der Waals surface area contributed by atoms with Gasteiger partial charge >= 0.3 is 0 Å². The maximum absolute atomic E-state index is 12.2. The predicted molar refractivity (Wildman–Crippen MR) is 59.9 cm³/mol. The number of hydroxylamine groups is 3. The molecule has 1 rings (SSSR count). The average molecular weight is 229 g/mol. The van der Waals surface area contributed by atoms with Crippen LogP contribution < -0.4 is 0 Å². The quantitative estimate of drug-likeness (QED) is 0.246. The van der Waals surface area contributed by atoms with Crippen molar-refractivity contribution in [3.05, 3.63) is 5.21 Å². The van der Waals surface area contributed by atoms with Gasteiger partial charge in [0.1, 0.15) is 11.3 Å². The minimum atomic E-state index is -1.34. The Hall–Kier alpha value is -1.14. The van der Waals surface area contributed by atoms with Crippen LogP contribution in [-0.4, -0.2) is 42.8 Å². The molecular formula is C10H19N3O3. The van der Waals surface area contributed by atoms with Gasteiger partial charge in [0, 0.05) is 13.3 Å². The lowest BCUT2D eigenvalue weighted by Gasteiger charge is -2.32. The fraction of sp³-hybridized carbons (Fsp3) is 0.800. The van der Waals surface area contributed by atoms with E-state index >= 15 is 0 Å². The molecule has 0 aliphatic carbocycles. The summed E-state index contributed by atoms with van der Waals surface area (Å²) in [6.45, 7) is 8.40. The second-order valence-electron chi connectivity index (χ2n) is 4.67. The monoisotopic (exact) mass is 229 g/mol. The zero-order chi connectivity index (χ0) is 12.7. The molecule has 0 fully saturated rings. The third-order valence-electron chi connectivity index (χ3n) is 3.46. The third kappa shape index (κ3) is 1.33. The van der Waals surface area contributed by atoms with Crippen LogP contribution in [0.1, 0.15) is 41.0 Å². The first-order valence-corrected chi connectivity index (χ1v) is 5.26. The fourth-order valence-corrected chi connectivity index (χ4v) is 2.23. The van der Waals surface area contributed by atoms with Gasteiger partial charge in [-0.15, -0.1) is 5.06 Å². The van der Waals surface area contributed by atoms with Crippen molar-refractivity contribution in [2.75, 3.05) is 0 Å². The zero-order valence-electron chi connectivity index (χ0n) is 10.4. The van der Waals surface area contributed by atoms with Crippen LogP contribution in [0, 0.1) is 5.21 Å². The van der Waals surface area contributed by atoms with Gasteiger partial charge in [-0.05, 0) is 20.8 Å². The van der Waals surface area contributed by atoms with Gasteiger partial charge in [0.25, 0.3) is 5.66 Å². The molecule has 1 unspecified atom stereocenters. The van der Waals surface area contributed by atoms with E-state index in [-0.39, 0.29) is 5.71 Å². The summed E-state index contributed by atoms with van der Waals surface area (Å²) in [7, 11) is 0. The number of hydrogen-bond acceptors (Lipinski definition) is 5. The van der Waals surface area contributed by atoms with E-state index in [4.69, 9.17) is 5.21 Å². The summed E-state index contributed by atoms with van der Waals surface area (Å²) in [5.74, 6) is 0. The topological polar surface area (TPSA) is 82.1 Å². The second-order valence-corrected chi connectivity index (χ2v) is 4.67. The van der Waals surface area contributed by atoms with Crippen LogP contribution in [-0.2, 0) is 0 Å². The maximum Gasteiger partial charge on any atom is 0.290 e. The van der Waals surface area contributed by atoms with Crippen LogP contribution in [0.3, 0.4) is 0 Å². The average Bonchev–Trinajstić information content (AvgIpc) is 2.37. The van der Waals surface area contributed by atoms with Crippen LogP contribution in [0.25, 0.3) is 0 Å². The Balaban J connectivity index is 3.42. The first-order valence-electron chi connectivity index (χ1n) is 5.26.